The number of aromatic carboxylic acids is 1. The summed E-state index contributed by atoms with van der Waals surface area (Å²) in [5.74, 6) is -0.947. The lowest BCUT2D eigenvalue weighted by atomic mass is 10.1. The highest BCUT2D eigenvalue weighted by Crippen LogP contribution is 2.25. The van der Waals surface area contributed by atoms with Crippen molar-refractivity contribution >= 4 is 11.7 Å². The topological polar surface area (TPSA) is 62.7 Å². The summed E-state index contributed by atoms with van der Waals surface area (Å²) in [6.45, 7) is 5.99. The largest absolute Gasteiger partial charge is 0.478 e. The molecule has 1 fully saturated rings. The highest BCUT2D eigenvalue weighted by molar-refractivity contribution is 5.94. The lowest BCUT2D eigenvalue weighted by molar-refractivity contribution is -0.0277. The smallest absolute Gasteiger partial charge is 0.339 e. The van der Waals surface area contributed by atoms with Crippen LogP contribution in [0.3, 0.4) is 0 Å². The Morgan fingerprint density at radius 2 is 2.35 bits per heavy atom. The van der Waals surface area contributed by atoms with Gasteiger partial charge < -0.3 is 14.7 Å². The van der Waals surface area contributed by atoms with E-state index in [2.05, 4.69) is 4.98 Å². The Bertz CT molecular complexity index is 432. The normalized spacial score (nSPS) is 19.1. The van der Waals surface area contributed by atoms with Crippen LogP contribution in [-0.4, -0.2) is 41.4 Å². The average Bonchev–Trinajstić information content (AvgIpc) is 2.27. The quantitative estimate of drug-likeness (QED) is 0.840. The lowest BCUT2D eigenvalue weighted by Crippen LogP contribution is -2.48. The first-order valence-electron chi connectivity index (χ1n) is 5.56. The number of morpholine rings is 1. The van der Waals surface area contributed by atoms with Gasteiger partial charge in [-0.05, 0) is 19.9 Å². The average molecular weight is 236 g/mol. The van der Waals surface area contributed by atoms with E-state index < -0.39 is 5.97 Å². The first kappa shape index (κ1) is 11.9. The van der Waals surface area contributed by atoms with Crippen LogP contribution in [0.15, 0.2) is 18.5 Å². The molecule has 5 heteroatoms. The second-order valence-electron chi connectivity index (χ2n) is 4.73. The maximum atomic E-state index is 11.1. The Hall–Kier alpha value is -1.62. The zero-order valence-electron chi connectivity index (χ0n) is 10.0. The number of pyridine rings is 1. The van der Waals surface area contributed by atoms with Crippen molar-refractivity contribution in [1.82, 2.24) is 4.98 Å². The molecule has 0 amide bonds. The third kappa shape index (κ3) is 2.55. The molecule has 1 aromatic rings. The molecule has 17 heavy (non-hydrogen) atoms. The SMILES string of the molecule is CC1(C)CN(c2ccncc2C(=O)O)CCO1. The van der Waals surface area contributed by atoms with Gasteiger partial charge in [0.2, 0.25) is 0 Å². The summed E-state index contributed by atoms with van der Waals surface area (Å²) < 4.78 is 5.61. The van der Waals surface area contributed by atoms with Crippen molar-refractivity contribution in [3.63, 3.8) is 0 Å². The molecule has 0 aliphatic carbocycles. The molecule has 2 rings (SSSR count). The first-order chi connectivity index (χ1) is 7.99. The number of nitrogens with zero attached hydrogens (tertiary/aromatic N) is 2. The number of carboxylic acid groups (broad SMARTS) is 1. The van der Waals surface area contributed by atoms with Crippen molar-refractivity contribution in [2.75, 3.05) is 24.6 Å². The third-order valence-corrected chi connectivity index (χ3v) is 2.79. The van der Waals surface area contributed by atoms with Gasteiger partial charge in [0.25, 0.3) is 0 Å². The molecule has 0 saturated carbocycles. The van der Waals surface area contributed by atoms with E-state index in [1.165, 1.54) is 6.20 Å². The minimum Gasteiger partial charge on any atom is -0.478 e. The van der Waals surface area contributed by atoms with Crippen molar-refractivity contribution < 1.29 is 14.6 Å². The summed E-state index contributed by atoms with van der Waals surface area (Å²) in [5, 5.41) is 9.13. The van der Waals surface area contributed by atoms with Crippen molar-refractivity contribution in [3.8, 4) is 0 Å². The number of aromatic nitrogens is 1. The lowest BCUT2D eigenvalue weighted by Gasteiger charge is -2.39. The van der Waals surface area contributed by atoms with Crippen molar-refractivity contribution in [2.45, 2.75) is 19.4 Å². The van der Waals surface area contributed by atoms with Crippen LogP contribution in [0.5, 0.6) is 0 Å². The number of carbonyl (C=O) groups is 1. The van der Waals surface area contributed by atoms with Crippen LogP contribution in [0.25, 0.3) is 0 Å². The second kappa shape index (κ2) is 4.33. The molecule has 0 bridgehead atoms. The zero-order valence-corrected chi connectivity index (χ0v) is 10.0. The highest BCUT2D eigenvalue weighted by atomic mass is 16.5. The van der Waals surface area contributed by atoms with Gasteiger partial charge in [-0.25, -0.2) is 4.79 Å². The molecule has 1 aliphatic rings. The van der Waals surface area contributed by atoms with Crippen LogP contribution in [0.1, 0.15) is 24.2 Å². The van der Waals surface area contributed by atoms with Gasteiger partial charge in [0.05, 0.1) is 17.9 Å². The maximum absolute atomic E-state index is 11.1. The van der Waals surface area contributed by atoms with Crippen LogP contribution in [0.4, 0.5) is 5.69 Å². The van der Waals surface area contributed by atoms with Gasteiger partial charge in [-0.2, -0.15) is 0 Å². The summed E-state index contributed by atoms with van der Waals surface area (Å²) >= 11 is 0. The summed E-state index contributed by atoms with van der Waals surface area (Å²) in [4.78, 5) is 17.0. The monoisotopic (exact) mass is 236 g/mol. The van der Waals surface area contributed by atoms with Crippen molar-refractivity contribution in [1.29, 1.82) is 0 Å². The van der Waals surface area contributed by atoms with Gasteiger partial charge in [-0.1, -0.05) is 0 Å². The second-order valence-corrected chi connectivity index (χ2v) is 4.73. The van der Waals surface area contributed by atoms with Crippen LogP contribution in [-0.2, 0) is 4.74 Å². The molecule has 92 valence electrons. The number of rotatable bonds is 2. The zero-order chi connectivity index (χ0) is 12.5. The molecule has 0 aromatic carbocycles. The fourth-order valence-corrected chi connectivity index (χ4v) is 2.05. The van der Waals surface area contributed by atoms with Gasteiger partial charge in [0.1, 0.15) is 5.56 Å². The molecule has 2 heterocycles. The van der Waals surface area contributed by atoms with E-state index in [0.29, 0.717) is 25.4 Å². The summed E-state index contributed by atoms with van der Waals surface area (Å²) in [6.07, 6.45) is 3.00. The van der Waals surface area contributed by atoms with Gasteiger partial charge in [0, 0.05) is 25.5 Å². The van der Waals surface area contributed by atoms with Crippen LogP contribution in [0, 0.1) is 0 Å². The fourth-order valence-electron chi connectivity index (χ4n) is 2.05. The fraction of sp³-hybridized carbons (Fsp3) is 0.500. The van der Waals surface area contributed by atoms with E-state index in [-0.39, 0.29) is 11.2 Å². The molecule has 0 unspecified atom stereocenters. The van der Waals surface area contributed by atoms with Crippen LogP contribution in [0.2, 0.25) is 0 Å². The predicted octanol–water partition coefficient (Wildman–Crippen LogP) is 1.40. The van der Waals surface area contributed by atoms with E-state index >= 15 is 0 Å². The Morgan fingerprint density at radius 1 is 1.59 bits per heavy atom. The summed E-state index contributed by atoms with van der Waals surface area (Å²) in [6, 6.07) is 1.74. The Morgan fingerprint density at radius 3 is 3.00 bits per heavy atom. The molecule has 0 atom stereocenters. The molecule has 1 aromatic heterocycles. The Kier molecular flexibility index (Phi) is 3.02. The summed E-state index contributed by atoms with van der Waals surface area (Å²) in [5.41, 5.74) is 0.700. The Balaban J connectivity index is 2.30. The number of ether oxygens (including phenoxy) is 1. The standard InChI is InChI=1S/C12H16N2O3/c1-12(2)8-14(5-6-17-12)10-3-4-13-7-9(10)11(15)16/h3-4,7H,5-6,8H2,1-2H3,(H,15,16). The molecule has 1 N–H and O–H groups in total. The number of hydrogen-bond donors (Lipinski definition) is 1. The van der Waals surface area contributed by atoms with E-state index in [9.17, 15) is 4.79 Å². The highest BCUT2D eigenvalue weighted by Gasteiger charge is 2.29. The molecule has 0 radical (unpaired) electrons. The van der Waals surface area contributed by atoms with Gasteiger partial charge in [0.15, 0.2) is 0 Å². The predicted molar refractivity (Wildman–Crippen MR) is 63.4 cm³/mol. The van der Waals surface area contributed by atoms with Crippen molar-refractivity contribution in [2.24, 2.45) is 0 Å². The summed E-state index contributed by atoms with van der Waals surface area (Å²) in [7, 11) is 0. The van der Waals surface area contributed by atoms with E-state index in [1.807, 2.05) is 18.7 Å². The number of anilines is 1. The van der Waals surface area contributed by atoms with E-state index in [1.54, 1.807) is 12.3 Å². The minimum absolute atomic E-state index is 0.241. The third-order valence-electron chi connectivity index (χ3n) is 2.79. The van der Waals surface area contributed by atoms with Crippen LogP contribution < -0.4 is 4.90 Å². The molecule has 0 spiro atoms. The van der Waals surface area contributed by atoms with Gasteiger partial charge in [-0.15, -0.1) is 0 Å². The van der Waals surface area contributed by atoms with Crippen LogP contribution >= 0.6 is 0 Å². The number of hydrogen-bond acceptors (Lipinski definition) is 4. The molecule has 1 aliphatic heterocycles. The molecule has 5 nitrogen and oxygen atoms in total. The molecular formula is C12H16N2O3. The first-order valence-corrected chi connectivity index (χ1v) is 5.56. The molecular weight excluding hydrogens is 220 g/mol. The number of carboxylic acids is 1. The molecule has 1 saturated heterocycles. The van der Waals surface area contributed by atoms with E-state index in [4.69, 9.17) is 9.84 Å². The Labute approximate surface area is 100 Å². The van der Waals surface area contributed by atoms with Crippen molar-refractivity contribution in [3.05, 3.63) is 24.0 Å². The van der Waals surface area contributed by atoms with Gasteiger partial charge in [-0.3, -0.25) is 4.98 Å². The maximum Gasteiger partial charge on any atom is 0.339 e. The minimum atomic E-state index is -0.947. The van der Waals surface area contributed by atoms with Gasteiger partial charge >= 0.3 is 5.97 Å². The van der Waals surface area contributed by atoms with E-state index in [0.717, 1.165) is 0 Å².